The molecule has 2 heterocycles. The van der Waals surface area contributed by atoms with Gasteiger partial charge < -0.3 is 0 Å². The SMILES string of the molecule is CSc1nn(CN2CCC(C(=O)c3cc(F)ccc3F)CC2)c(=S)s1. The number of hydrogen-bond donors (Lipinski definition) is 0. The lowest BCUT2D eigenvalue weighted by Gasteiger charge is -2.31. The molecule has 0 spiro atoms. The molecule has 1 aliphatic rings. The van der Waals surface area contributed by atoms with E-state index in [2.05, 4.69) is 10.00 Å². The third-order valence-electron chi connectivity index (χ3n) is 4.25. The molecule has 3 rings (SSSR count). The van der Waals surface area contributed by atoms with Gasteiger partial charge in [-0.1, -0.05) is 23.1 Å². The molecule has 0 atom stereocenters. The molecule has 134 valence electrons. The van der Waals surface area contributed by atoms with Gasteiger partial charge in [-0.15, -0.1) is 0 Å². The Labute approximate surface area is 157 Å². The quantitative estimate of drug-likeness (QED) is 0.426. The lowest BCUT2D eigenvalue weighted by molar-refractivity contribution is 0.0799. The summed E-state index contributed by atoms with van der Waals surface area (Å²) >= 11 is 8.35. The molecule has 0 radical (unpaired) electrons. The van der Waals surface area contributed by atoms with E-state index in [-0.39, 0.29) is 17.3 Å². The number of Topliss-reactive ketones (excluding diaryl/α,β-unsaturated/α-hetero) is 1. The molecule has 0 amide bonds. The first kappa shape index (κ1) is 18.6. The van der Waals surface area contributed by atoms with Crippen molar-refractivity contribution in [2.75, 3.05) is 19.3 Å². The molecule has 0 saturated carbocycles. The summed E-state index contributed by atoms with van der Waals surface area (Å²) in [5, 5.41) is 4.44. The average Bonchev–Trinajstić information content (AvgIpc) is 2.97. The highest BCUT2D eigenvalue weighted by molar-refractivity contribution is 8.00. The van der Waals surface area contributed by atoms with Gasteiger partial charge in [0.2, 0.25) is 0 Å². The van der Waals surface area contributed by atoms with Crippen molar-refractivity contribution in [1.29, 1.82) is 0 Å². The highest BCUT2D eigenvalue weighted by Gasteiger charge is 2.28. The minimum absolute atomic E-state index is 0.148. The van der Waals surface area contributed by atoms with Crippen molar-refractivity contribution in [3.8, 4) is 0 Å². The highest BCUT2D eigenvalue weighted by atomic mass is 32.2. The summed E-state index contributed by atoms with van der Waals surface area (Å²) in [4.78, 5) is 14.6. The average molecular weight is 402 g/mol. The smallest absolute Gasteiger partial charge is 0.181 e. The summed E-state index contributed by atoms with van der Waals surface area (Å²) in [5.74, 6) is -1.85. The second kappa shape index (κ2) is 8.03. The van der Waals surface area contributed by atoms with Crippen LogP contribution in [0.2, 0.25) is 0 Å². The molecule has 1 saturated heterocycles. The van der Waals surface area contributed by atoms with E-state index >= 15 is 0 Å². The second-order valence-corrected chi connectivity index (χ2v) is 8.54. The molecule has 1 aromatic heterocycles. The largest absolute Gasteiger partial charge is 0.294 e. The predicted molar refractivity (Wildman–Crippen MR) is 97.7 cm³/mol. The number of nitrogens with zero attached hydrogens (tertiary/aromatic N) is 3. The topological polar surface area (TPSA) is 38.1 Å². The maximum Gasteiger partial charge on any atom is 0.181 e. The van der Waals surface area contributed by atoms with Gasteiger partial charge in [0.1, 0.15) is 11.6 Å². The van der Waals surface area contributed by atoms with Gasteiger partial charge in [-0.3, -0.25) is 9.69 Å². The molecule has 0 bridgehead atoms. The fourth-order valence-corrected chi connectivity index (χ4v) is 4.63. The Morgan fingerprint density at radius 3 is 2.76 bits per heavy atom. The zero-order valence-electron chi connectivity index (χ0n) is 13.6. The van der Waals surface area contributed by atoms with Crippen LogP contribution >= 0.6 is 35.3 Å². The second-order valence-electron chi connectivity index (χ2n) is 5.86. The van der Waals surface area contributed by atoms with E-state index in [9.17, 15) is 13.6 Å². The van der Waals surface area contributed by atoms with Crippen molar-refractivity contribution >= 4 is 41.1 Å². The van der Waals surface area contributed by atoms with Crippen LogP contribution in [0.4, 0.5) is 8.78 Å². The number of likely N-dealkylation sites (tertiary alicyclic amines) is 1. The summed E-state index contributed by atoms with van der Waals surface area (Å²) in [6.45, 7) is 1.98. The Morgan fingerprint density at radius 1 is 1.40 bits per heavy atom. The van der Waals surface area contributed by atoms with Crippen LogP contribution in [-0.2, 0) is 6.67 Å². The van der Waals surface area contributed by atoms with E-state index in [0.717, 1.165) is 26.5 Å². The van der Waals surface area contributed by atoms with Crippen molar-refractivity contribution in [2.24, 2.45) is 5.92 Å². The molecule has 1 fully saturated rings. The number of carbonyl (C=O) groups is 1. The van der Waals surface area contributed by atoms with E-state index in [4.69, 9.17) is 12.2 Å². The zero-order chi connectivity index (χ0) is 18.0. The van der Waals surface area contributed by atoms with Gasteiger partial charge >= 0.3 is 0 Å². The number of halogens is 2. The number of carbonyl (C=O) groups excluding carboxylic acids is 1. The third kappa shape index (κ3) is 4.33. The number of thioether (sulfide) groups is 1. The Balaban J connectivity index is 1.61. The fourth-order valence-electron chi connectivity index (χ4n) is 2.89. The van der Waals surface area contributed by atoms with Crippen LogP contribution in [-0.4, -0.2) is 39.8 Å². The predicted octanol–water partition coefficient (Wildman–Crippen LogP) is 4.23. The first-order valence-electron chi connectivity index (χ1n) is 7.81. The lowest BCUT2D eigenvalue weighted by atomic mass is 9.89. The van der Waals surface area contributed by atoms with Crippen molar-refractivity contribution in [1.82, 2.24) is 14.7 Å². The van der Waals surface area contributed by atoms with E-state index in [1.54, 1.807) is 16.4 Å². The first-order chi connectivity index (χ1) is 12.0. The van der Waals surface area contributed by atoms with Crippen molar-refractivity contribution in [2.45, 2.75) is 23.8 Å². The van der Waals surface area contributed by atoms with E-state index in [0.29, 0.717) is 32.6 Å². The minimum atomic E-state index is -0.660. The van der Waals surface area contributed by atoms with E-state index in [1.165, 1.54) is 11.3 Å². The molecular formula is C16H17F2N3OS3. The number of benzene rings is 1. The van der Waals surface area contributed by atoms with Gasteiger partial charge in [-0.25, -0.2) is 13.5 Å². The third-order valence-corrected chi connectivity index (χ3v) is 6.53. The van der Waals surface area contributed by atoms with Crippen LogP contribution in [0.5, 0.6) is 0 Å². The summed E-state index contributed by atoms with van der Waals surface area (Å²) < 4.78 is 30.5. The Morgan fingerprint density at radius 2 is 2.12 bits per heavy atom. The van der Waals surface area contributed by atoms with Crippen LogP contribution in [0.1, 0.15) is 23.2 Å². The lowest BCUT2D eigenvalue weighted by Crippen LogP contribution is -2.37. The van der Waals surface area contributed by atoms with Gasteiger partial charge in [-0.2, -0.15) is 5.10 Å². The summed E-state index contributed by atoms with van der Waals surface area (Å²) in [6.07, 6.45) is 3.18. The monoisotopic (exact) mass is 401 g/mol. The molecule has 0 N–H and O–H groups in total. The number of aromatic nitrogens is 2. The summed E-state index contributed by atoms with van der Waals surface area (Å²) in [6, 6.07) is 3.02. The van der Waals surface area contributed by atoms with Gasteiger partial charge in [0.05, 0.1) is 12.2 Å². The molecule has 0 aliphatic carbocycles. The molecule has 1 aliphatic heterocycles. The maximum atomic E-state index is 13.8. The maximum absolute atomic E-state index is 13.8. The molecular weight excluding hydrogens is 384 g/mol. The van der Waals surface area contributed by atoms with Gasteiger partial charge in [0, 0.05) is 19.0 Å². The zero-order valence-corrected chi connectivity index (χ0v) is 16.0. The van der Waals surface area contributed by atoms with Crippen LogP contribution in [0.3, 0.4) is 0 Å². The van der Waals surface area contributed by atoms with Crippen molar-refractivity contribution in [3.63, 3.8) is 0 Å². The van der Waals surface area contributed by atoms with Crippen LogP contribution < -0.4 is 0 Å². The molecule has 9 heteroatoms. The fraction of sp³-hybridized carbons (Fsp3) is 0.438. The van der Waals surface area contributed by atoms with Crippen LogP contribution in [0.25, 0.3) is 0 Å². The normalized spacial score (nSPS) is 16.3. The number of piperidine rings is 1. The minimum Gasteiger partial charge on any atom is -0.294 e. The van der Waals surface area contributed by atoms with Crippen LogP contribution in [0.15, 0.2) is 22.5 Å². The van der Waals surface area contributed by atoms with Gasteiger partial charge in [0.25, 0.3) is 0 Å². The standard InChI is InChI=1S/C16H17F2N3OS3/c1-24-15-19-21(16(23)25-15)9-20-6-4-10(5-7-20)14(22)12-8-11(17)2-3-13(12)18/h2-3,8,10H,4-7,9H2,1H3. The molecule has 25 heavy (non-hydrogen) atoms. The number of hydrogen-bond acceptors (Lipinski definition) is 6. The number of rotatable bonds is 5. The van der Waals surface area contributed by atoms with Crippen LogP contribution in [0, 0.1) is 21.5 Å². The molecule has 2 aromatic rings. The first-order valence-corrected chi connectivity index (χ1v) is 10.3. The molecule has 0 unspecified atom stereocenters. The summed E-state index contributed by atoms with van der Waals surface area (Å²) in [5.41, 5.74) is -0.148. The highest BCUT2D eigenvalue weighted by Crippen LogP contribution is 2.25. The molecule has 4 nitrogen and oxygen atoms in total. The van der Waals surface area contributed by atoms with Crippen molar-refractivity contribution in [3.05, 3.63) is 39.4 Å². The van der Waals surface area contributed by atoms with Gasteiger partial charge in [0.15, 0.2) is 14.1 Å². The summed E-state index contributed by atoms with van der Waals surface area (Å²) in [7, 11) is 0. The Hall–Kier alpha value is -1.16. The Kier molecular flexibility index (Phi) is 5.98. The van der Waals surface area contributed by atoms with E-state index < -0.39 is 11.6 Å². The van der Waals surface area contributed by atoms with Crippen molar-refractivity contribution < 1.29 is 13.6 Å². The number of ketones is 1. The Bertz CT molecular complexity index is 828. The van der Waals surface area contributed by atoms with E-state index in [1.807, 2.05) is 6.26 Å². The van der Waals surface area contributed by atoms with Gasteiger partial charge in [-0.05, 0) is 49.5 Å². The molecule has 1 aromatic carbocycles.